The predicted molar refractivity (Wildman–Crippen MR) is 75.9 cm³/mol. The van der Waals surface area contributed by atoms with Crippen LogP contribution in [0.3, 0.4) is 0 Å². The Morgan fingerprint density at radius 2 is 2.06 bits per heavy atom. The Labute approximate surface area is 115 Å². The van der Waals surface area contributed by atoms with Crippen LogP contribution in [0.15, 0.2) is 0 Å². The van der Waals surface area contributed by atoms with Gasteiger partial charge in [-0.25, -0.2) is 0 Å². The van der Waals surface area contributed by atoms with E-state index in [0.717, 1.165) is 35.8 Å². The molecule has 0 radical (unpaired) electrons. The Hall–Kier alpha value is -0.540. The monoisotopic (exact) mass is 269 g/mol. The molecule has 2 rings (SSSR count). The zero-order valence-electron chi connectivity index (χ0n) is 11.9. The summed E-state index contributed by atoms with van der Waals surface area (Å²) >= 11 is 6.39. The molecule has 0 bridgehead atoms. The predicted octanol–water partition coefficient (Wildman–Crippen LogP) is 3.31. The molecule has 4 heteroatoms. The van der Waals surface area contributed by atoms with Crippen molar-refractivity contribution in [3.05, 3.63) is 16.4 Å². The Kier molecular flexibility index (Phi) is 3.50. The van der Waals surface area contributed by atoms with E-state index in [9.17, 15) is 0 Å². The number of aromatic nitrogens is 2. The summed E-state index contributed by atoms with van der Waals surface area (Å²) < 4.78 is 2.00. The van der Waals surface area contributed by atoms with Crippen LogP contribution >= 0.6 is 11.6 Å². The lowest BCUT2D eigenvalue weighted by molar-refractivity contribution is 0.203. The van der Waals surface area contributed by atoms with E-state index in [-0.39, 0.29) is 11.0 Å². The van der Waals surface area contributed by atoms with Crippen LogP contribution < -0.4 is 5.73 Å². The fourth-order valence-corrected chi connectivity index (χ4v) is 3.30. The van der Waals surface area contributed by atoms with Gasteiger partial charge in [-0.3, -0.25) is 4.68 Å². The minimum Gasteiger partial charge on any atom is -0.324 e. The number of hydrogen-bond acceptors (Lipinski definition) is 2. The lowest BCUT2D eigenvalue weighted by Crippen LogP contribution is -2.51. The summed E-state index contributed by atoms with van der Waals surface area (Å²) in [5, 5.41) is 5.27. The van der Waals surface area contributed by atoms with E-state index >= 15 is 0 Å². The van der Waals surface area contributed by atoms with Gasteiger partial charge >= 0.3 is 0 Å². The van der Waals surface area contributed by atoms with Gasteiger partial charge in [0.25, 0.3) is 0 Å². The molecule has 0 saturated heterocycles. The van der Waals surface area contributed by atoms with Crippen LogP contribution in [0.4, 0.5) is 0 Å². The van der Waals surface area contributed by atoms with E-state index in [0.29, 0.717) is 0 Å². The first-order valence-electron chi connectivity index (χ1n) is 6.81. The molecule has 1 aromatic heterocycles. The molecule has 1 unspecified atom stereocenters. The van der Waals surface area contributed by atoms with Crippen LogP contribution in [0.1, 0.15) is 51.4 Å². The Morgan fingerprint density at radius 1 is 1.39 bits per heavy atom. The third kappa shape index (κ3) is 2.08. The quantitative estimate of drug-likeness (QED) is 0.915. The fourth-order valence-electron chi connectivity index (χ4n) is 3.10. The third-order valence-electron chi connectivity index (χ3n) is 4.71. The molecule has 1 fully saturated rings. The SMILES string of the molecule is CCn1nc(C)c(Cl)c1CC1(N)CCCC1(C)C. The average Bonchev–Trinajstić information content (AvgIpc) is 2.70. The van der Waals surface area contributed by atoms with Crippen molar-refractivity contribution in [2.45, 2.75) is 65.5 Å². The highest BCUT2D eigenvalue weighted by Crippen LogP contribution is 2.46. The van der Waals surface area contributed by atoms with Crippen LogP contribution in [0, 0.1) is 12.3 Å². The van der Waals surface area contributed by atoms with Crippen LogP contribution in [-0.2, 0) is 13.0 Å². The van der Waals surface area contributed by atoms with Crippen LogP contribution in [-0.4, -0.2) is 15.3 Å². The van der Waals surface area contributed by atoms with Gasteiger partial charge in [-0.2, -0.15) is 5.10 Å². The molecule has 0 spiro atoms. The molecule has 0 aromatic carbocycles. The van der Waals surface area contributed by atoms with Gasteiger partial charge in [0.1, 0.15) is 0 Å². The minimum absolute atomic E-state index is 0.157. The fraction of sp³-hybridized carbons (Fsp3) is 0.786. The van der Waals surface area contributed by atoms with Gasteiger partial charge in [-0.15, -0.1) is 0 Å². The third-order valence-corrected chi connectivity index (χ3v) is 5.20. The molecule has 3 nitrogen and oxygen atoms in total. The van der Waals surface area contributed by atoms with Crippen molar-refractivity contribution in [1.82, 2.24) is 9.78 Å². The molecule has 2 N–H and O–H groups in total. The first kappa shape index (κ1) is 13.9. The van der Waals surface area contributed by atoms with E-state index in [4.69, 9.17) is 17.3 Å². The van der Waals surface area contributed by atoms with Crippen molar-refractivity contribution in [2.24, 2.45) is 11.1 Å². The van der Waals surface area contributed by atoms with Gasteiger partial charge in [-0.05, 0) is 32.1 Å². The molecule has 18 heavy (non-hydrogen) atoms. The number of aryl methyl sites for hydroxylation is 2. The number of rotatable bonds is 3. The summed E-state index contributed by atoms with van der Waals surface area (Å²) in [5.74, 6) is 0. The smallest absolute Gasteiger partial charge is 0.0847 e. The zero-order chi connectivity index (χ0) is 13.6. The molecule has 1 aliphatic rings. The van der Waals surface area contributed by atoms with E-state index in [1.165, 1.54) is 12.8 Å². The highest BCUT2D eigenvalue weighted by molar-refractivity contribution is 6.31. The standard InChI is InChI=1S/C14H24ClN3/c1-5-18-11(12(15)10(2)17-18)9-14(16)8-6-7-13(14,3)4/h5-9,16H2,1-4H3. The molecule has 1 aromatic rings. The molecular formula is C14H24ClN3. The molecular weight excluding hydrogens is 246 g/mol. The highest BCUT2D eigenvalue weighted by atomic mass is 35.5. The van der Waals surface area contributed by atoms with E-state index in [2.05, 4.69) is 25.9 Å². The van der Waals surface area contributed by atoms with Crippen molar-refractivity contribution in [1.29, 1.82) is 0 Å². The lowest BCUT2D eigenvalue weighted by Gasteiger charge is -2.38. The van der Waals surface area contributed by atoms with E-state index in [1.54, 1.807) is 0 Å². The number of nitrogens with two attached hydrogens (primary N) is 1. The van der Waals surface area contributed by atoms with E-state index < -0.39 is 0 Å². The van der Waals surface area contributed by atoms with Crippen molar-refractivity contribution >= 4 is 11.6 Å². The summed E-state index contributed by atoms with van der Waals surface area (Å²) in [5.41, 5.74) is 8.70. The highest BCUT2D eigenvalue weighted by Gasteiger charge is 2.46. The van der Waals surface area contributed by atoms with Gasteiger partial charge in [0.05, 0.1) is 16.4 Å². The van der Waals surface area contributed by atoms with Crippen LogP contribution in [0.5, 0.6) is 0 Å². The molecule has 1 atom stereocenters. The van der Waals surface area contributed by atoms with Crippen molar-refractivity contribution in [2.75, 3.05) is 0 Å². The summed E-state index contributed by atoms with van der Waals surface area (Å²) in [6.45, 7) is 9.44. The lowest BCUT2D eigenvalue weighted by atomic mass is 9.73. The minimum atomic E-state index is -0.157. The van der Waals surface area contributed by atoms with Crippen molar-refractivity contribution in [3.63, 3.8) is 0 Å². The second-order valence-corrected chi connectivity index (χ2v) is 6.61. The molecule has 102 valence electrons. The van der Waals surface area contributed by atoms with Crippen molar-refractivity contribution in [3.8, 4) is 0 Å². The largest absolute Gasteiger partial charge is 0.324 e. The molecule has 0 amide bonds. The van der Waals surface area contributed by atoms with E-state index in [1.807, 2.05) is 11.6 Å². The maximum absolute atomic E-state index is 6.67. The second-order valence-electron chi connectivity index (χ2n) is 6.23. The molecule has 1 aliphatic carbocycles. The molecule has 1 saturated carbocycles. The summed E-state index contributed by atoms with van der Waals surface area (Å²) in [7, 11) is 0. The van der Waals surface area contributed by atoms with Crippen LogP contribution in [0.25, 0.3) is 0 Å². The maximum Gasteiger partial charge on any atom is 0.0847 e. The van der Waals surface area contributed by atoms with Gasteiger partial charge in [0, 0.05) is 18.5 Å². The first-order valence-corrected chi connectivity index (χ1v) is 7.19. The van der Waals surface area contributed by atoms with Crippen molar-refractivity contribution < 1.29 is 0 Å². The summed E-state index contributed by atoms with van der Waals surface area (Å²) in [6.07, 6.45) is 4.30. The second kappa shape index (κ2) is 4.53. The summed E-state index contributed by atoms with van der Waals surface area (Å²) in [6, 6.07) is 0. The van der Waals surface area contributed by atoms with Gasteiger partial charge in [-0.1, -0.05) is 31.9 Å². The van der Waals surface area contributed by atoms with Gasteiger partial charge in [0.2, 0.25) is 0 Å². The topological polar surface area (TPSA) is 43.8 Å². The zero-order valence-corrected chi connectivity index (χ0v) is 12.6. The number of nitrogens with zero attached hydrogens (tertiary/aromatic N) is 2. The Bertz CT molecular complexity index is 450. The average molecular weight is 270 g/mol. The van der Waals surface area contributed by atoms with Crippen LogP contribution in [0.2, 0.25) is 5.02 Å². The first-order chi connectivity index (χ1) is 8.31. The maximum atomic E-state index is 6.67. The molecule has 1 heterocycles. The Morgan fingerprint density at radius 3 is 2.56 bits per heavy atom. The Balaban J connectivity index is 2.34. The van der Waals surface area contributed by atoms with Gasteiger partial charge in [0.15, 0.2) is 0 Å². The normalized spacial score (nSPS) is 26.8. The molecule has 0 aliphatic heterocycles. The van der Waals surface area contributed by atoms with Gasteiger partial charge < -0.3 is 5.73 Å². The summed E-state index contributed by atoms with van der Waals surface area (Å²) in [4.78, 5) is 0. The number of halogens is 1. The number of hydrogen-bond donors (Lipinski definition) is 1.